The van der Waals surface area contributed by atoms with Gasteiger partial charge in [0.2, 0.25) is 0 Å². The van der Waals surface area contributed by atoms with Gasteiger partial charge in [-0.3, -0.25) is 0 Å². The molecule has 0 spiro atoms. The van der Waals surface area contributed by atoms with Gasteiger partial charge in [-0.15, -0.1) is 0 Å². The van der Waals surface area contributed by atoms with Gasteiger partial charge >= 0.3 is 0 Å². The summed E-state index contributed by atoms with van der Waals surface area (Å²) in [5, 5.41) is 9.15. The van der Waals surface area contributed by atoms with Crippen LogP contribution in [0.25, 0.3) is 0 Å². The van der Waals surface area contributed by atoms with Gasteiger partial charge in [-0.25, -0.2) is 9.97 Å². The van der Waals surface area contributed by atoms with E-state index in [2.05, 4.69) is 16.0 Å². The fraction of sp³-hybridized carbons (Fsp3) is 0.214. The molecule has 20 heavy (non-hydrogen) atoms. The SMILES string of the molecule is COCc1nc(N)cc(N(C)c2ccccc2C#N)n1. The molecule has 2 aromatic rings. The molecule has 0 amide bonds. The fourth-order valence-corrected chi connectivity index (χ4v) is 1.85. The van der Waals surface area contributed by atoms with E-state index in [0.29, 0.717) is 23.0 Å². The number of aromatic nitrogens is 2. The predicted molar refractivity (Wildman–Crippen MR) is 76.4 cm³/mol. The van der Waals surface area contributed by atoms with Crippen LogP contribution in [0.5, 0.6) is 0 Å². The van der Waals surface area contributed by atoms with E-state index in [-0.39, 0.29) is 6.61 Å². The third-order valence-corrected chi connectivity index (χ3v) is 2.78. The molecule has 0 saturated carbocycles. The summed E-state index contributed by atoms with van der Waals surface area (Å²) in [4.78, 5) is 10.3. The Morgan fingerprint density at radius 1 is 1.35 bits per heavy atom. The second-order valence-corrected chi connectivity index (χ2v) is 4.19. The number of methoxy groups -OCH3 is 1. The number of para-hydroxylation sites is 1. The Bertz CT molecular complexity index is 650. The Kier molecular flexibility index (Phi) is 4.13. The van der Waals surface area contributed by atoms with Crippen LogP contribution in [0.2, 0.25) is 0 Å². The maximum Gasteiger partial charge on any atom is 0.158 e. The summed E-state index contributed by atoms with van der Waals surface area (Å²) in [5.74, 6) is 1.49. The Morgan fingerprint density at radius 2 is 2.10 bits per heavy atom. The molecule has 1 aromatic heterocycles. The Morgan fingerprint density at radius 3 is 2.80 bits per heavy atom. The third-order valence-electron chi connectivity index (χ3n) is 2.78. The highest BCUT2D eigenvalue weighted by Gasteiger charge is 2.12. The highest BCUT2D eigenvalue weighted by Crippen LogP contribution is 2.26. The highest BCUT2D eigenvalue weighted by atomic mass is 16.5. The van der Waals surface area contributed by atoms with Crippen molar-refractivity contribution >= 4 is 17.3 Å². The molecule has 0 aliphatic rings. The van der Waals surface area contributed by atoms with E-state index in [1.807, 2.05) is 25.2 Å². The molecule has 0 saturated heterocycles. The Balaban J connectivity index is 2.43. The normalized spacial score (nSPS) is 10.1. The summed E-state index contributed by atoms with van der Waals surface area (Å²) in [6.07, 6.45) is 0. The first-order valence-electron chi connectivity index (χ1n) is 6.01. The zero-order chi connectivity index (χ0) is 14.5. The van der Waals surface area contributed by atoms with Crippen LogP contribution in [0.3, 0.4) is 0 Å². The standard InChI is InChI=1S/C14H15N5O/c1-19(11-6-4-3-5-10(11)8-15)14-7-12(16)17-13(18-14)9-20-2/h3-7H,9H2,1-2H3,(H2,16,17,18). The van der Waals surface area contributed by atoms with Crippen LogP contribution in [0.4, 0.5) is 17.3 Å². The van der Waals surface area contributed by atoms with Gasteiger partial charge in [-0.1, -0.05) is 12.1 Å². The summed E-state index contributed by atoms with van der Waals surface area (Å²) in [6, 6.07) is 11.1. The lowest BCUT2D eigenvalue weighted by atomic mass is 10.2. The van der Waals surface area contributed by atoms with Crippen LogP contribution in [0.1, 0.15) is 11.4 Å². The number of nitrogens with zero attached hydrogens (tertiary/aromatic N) is 4. The molecule has 0 atom stereocenters. The molecule has 0 radical (unpaired) electrons. The number of rotatable bonds is 4. The molecule has 2 rings (SSSR count). The molecule has 2 N–H and O–H groups in total. The van der Waals surface area contributed by atoms with Gasteiger partial charge in [0, 0.05) is 20.2 Å². The number of nitriles is 1. The van der Waals surface area contributed by atoms with E-state index in [1.165, 1.54) is 0 Å². The number of hydrogen-bond donors (Lipinski definition) is 1. The van der Waals surface area contributed by atoms with Gasteiger partial charge in [-0.2, -0.15) is 5.26 Å². The number of ether oxygens (including phenoxy) is 1. The Labute approximate surface area is 117 Å². The van der Waals surface area contributed by atoms with E-state index < -0.39 is 0 Å². The van der Waals surface area contributed by atoms with Crippen LogP contribution in [0.15, 0.2) is 30.3 Å². The van der Waals surface area contributed by atoms with Gasteiger partial charge in [-0.05, 0) is 12.1 Å². The molecule has 0 unspecified atom stereocenters. The molecule has 102 valence electrons. The molecule has 0 aliphatic heterocycles. The quantitative estimate of drug-likeness (QED) is 0.911. The average molecular weight is 269 g/mol. The molecule has 0 bridgehead atoms. The maximum absolute atomic E-state index is 9.15. The van der Waals surface area contributed by atoms with Crippen molar-refractivity contribution in [1.29, 1.82) is 5.26 Å². The third kappa shape index (κ3) is 2.84. The summed E-state index contributed by atoms with van der Waals surface area (Å²) in [7, 11) is 3.40. The van der Waals surface area contributed by atoms with Gasteiger partial charge < -0.3 is 15.4 Å². The number of hydrogen-bond acceptors (Lipinski definition) is 6. The second-order valence-electron chi connectivity index (χ2n) is 4.19. The lowest BCUT2D eigenvalue weighted by Crippen LogP contribution is -2.15. The summed E-state index contributed by atoms with van der Waals surface area (Å²) in [6.45, 7) is 0.284. The fourth-order valence-electron chi connectivity index (χ4n) is 1.85. The average Bonchev–Trinajstić information content (AvgIpc) is 2.46. The molecule has 0 fully saturated rings. The summed E-state index contributed by atoms with van der Waals surface area (Å²) >= 11 is 0. The maximum atomic E-state index is 9.15. The first kappa shape index (κ1) is 13.8. The van der Waals surface area contributed by atoms with Crippen molar-refractivity contribution in [3.05, 3.63) is 41.7 Å². The first-order valence-corrected chi connectivity index (χ1v) is 6.01. The molecule has 1 aromatic carbocycles. The van der Waals surface area contributed by atoms with E-state index >= 15 is 0 Å². The van der Waals surface area contributed by atoms with Gasteiger partial charge in [0.15, 0.2) is 5.82 Å². The van der Waals surface area contributed by atoms with Crippen molar-refractivity contribution in [3.63, 3.8) is 0 Å². The lowest BCUT2D eigenvalue weighted by molar-refractivity contribution is 0.178. The second kappa shape index (κ2) is 5.99. The monoisotopic (exact) mass is 269 g/mol. The van der Waals surface area contributed by atoms with E-state index in [9.17, 15) is 0 Å². The van der Waals surface area contributed by atoms with Crippen molar-refractivity contribution < 1.29 is 4.74 Å². The molecular formula is C14H15N5O. The minimum absolute atomic E-state index is 0.284. The molecule has 0 aliphatic carbocycles. The summed E-state index contributed by atoms with van der Waals surface area (Å²) < 4.78 is 5.02. The topological polar surface area (TPSA) is 88.1 Å². The van der Waals surface area contributed by atoms with E-state index in [0.717, 1.165) is 5.69 Å². The highest BCUT2D eigenvalue weighted by molar-refractivity contribution is 5.67. The minimum Gasteiger partial charge on any atom is -0.384 e. The van der Waals surface area contributed by atoms with Crippen LogP contribution < -0.4 is 10.6 Å². The van der Waals surface area contributed by atoms with Crippen molar-refractivity contribution in [2.75, 3.05) is 24.8 Å². The van der Waals surface area contributed by atoms with Crippen LogP contribution in [-0.2, 0) is 11.3 Å². The van der Waals surface area contributed by atoms with Crippen LogP contribution >= 0.6 is 0 Å². The van der Waals surface area contributed by atoms with Gasteiger partial charge in [0.1, 0.15) is 24.3 Å². The molecular weight excluding hydrogens is 254 g/mol. The van der Waals surface area contributed by atoms with Crippen molar-refractivity contribution in [3.8, 4) is 6.07 Å². The smallest absolute Gasteiger partial charge is 0.158 e. The first-order chi connectivity index (χ1) is 9.65. The molecule has 6 nitrogen and oxygen atoms in total. The largest absolute Gasteiger partial charge is 0.384 e. The number of nitrogen functional groups attached to an aromatic ring is 1. The van der Waals surface area contributed by atoms with Crippen molar-refractivity contribution in [2.45, 2.75) is 6.61 Å². The zero-order valence-corrected chi connectivity index (χ0v) is 11.4. The molecule has 6 heteroatoms. The van der Waals surface area contributed by atoms with E-state index in [4.69, 9.17) is 15.7 Å². The van der Waals surface area contributed by atoms with Crippen molar-refractivity contribution in [1.82, 2.24) is 9.97 Å². The van der Waals surface area contributed by atoms with E-state index in [1.54, 1.807) is 24.1 Å². The van der Waals surface area contributed by atoms with Crippen LogP contribution in [0, 0.1) is 11.3 Å². The number of anilines is 3. The summed E-state index contributed by atoms with van der Waals surface area (Å²) in [5.41, 5.74) is 7.11. The Hall–Kier alpha value is -2.65. The lowest BCUT2D eigenvalue weighted by Gasteiger charge is -2.20. The number of benzene rings is 1. The van der Waals surface area contributed by atoms with Crippen molar-refractivity contribution in [2.24, 2.45) is 0 Å². The zero-order valence-electron chi connectivity index (χ0n) is 11.4. The molecule has 1 heterocycles. The van der Waals surface area contributed by atoms with Crippen LogP contribution in [-0.4, -0.2) is 24.1 Å². The number of nitrogens with two attached hydrogens (primary N) is 1. The predicted octanol–water partition coefficient (Wildman–Crippen LogP) is 1.84. The van der Waals surface area contributed by atoms with Gasteiger partial charge in [0.25, 0.3) is 0 Å². The minimum atomic E-state index is 0.284. The van der Waals surface area contributed by atoms with Gasteiger partial charge in [0.05, 0.1) is 11.3 Å².